The summed E-state index contributed by atoms with van der Waals surface area (Å²) in [6.45, 7) is 9.48. The van der Waals surface area contributed by atoms with E-state index in [1.807, 2.05) is 55.4 Å². The van der Waals surface area contributed by atoms with Crippen molar-refractivity contribution in [2.75, 3.05) is 124 Å². The highest BCUT2D eigenvalue weighted by molar-refractivity contribution is 7.47. The zero-order valence-electron chi connectivity index (χ0n) is 78.4. The minimum atomic E-state index is -4.27. The highest BCUT2D eigenvalue weighted by Gasteiger charge is 2.34. The van der Waals surface area contributed by atoms with Crippen molar-refractivity contribution in [3.8, 4) is 0 Å². The van der Waals surface area contributed by atoms with Crippen molar-refractivity contribution in [3.05, 3.63) is 0 Å². The summed E-state index contributed by atoms with van der Waals surface area (Å²) in [6.07, 6.45) is -6.52. The smallest absolute Gasteiger partial charge is 0.472 e. The molecule has 0 fully saturated rings. The number of rotatable bonds is 80. The predicted octanol–water partition coefficient (Wildman–Crippen LogP) is -0.896. The van der Waals surface area contributed by atoms with Crippen LogP contribution in [0.2, 0.25) is 0 Å². The molecule has 0 heterocycles. The first-order chi connectivity index (χ1) is 62.7. The summed E-state index contributed by atoms with van der Waals surface area (Å²) < 4.78 is 21.3. The van der Waals surface area contributed by atoms with Crippen LogP contribution in [0.5, 0.6) is 0 Å². The summed E-state index contributed by atoms with van der Waals surface area (Å²) in [5, 5.41) is 60.0. The van der Waals surface area contributed by atoms with Crippen LogP contribution >= 0.6 is 7.82 Å². The average molecular weight is 1930 g/mol. The first-order valence-corrected chi connectivity index (χ1v) is 45.8. The first-order valence-electron chi connectivity index (χ1n) is 44.3. The molecule has 0 rings (SSSR count). The van der Waals surface area contributed by atoms with E-state index in [9.17, 15) is 149 Å². The summed E-state index contributed by atoms with van der Waals surface area (Å²) >= 11 is 0. The normalized spacial score (nSPS) is 11.7. The summed E-state index contributed by atoms with van der Waals surface area (Å²) in [4.78, 5) is 335. The second-order valence-corrected chi connectivity index (χ2v) is 34.5. The summed E-state index contributed by atoms with van der Waals surface area (Å²) in [7, 11) is -4.27. The van der Waals surface area contributed by atoms with E-state index < -0.39 is 266 Å². The van der Waals surface area contributed by atoms with E-state index in [0.717, 1.165) is 26.0 Å². The summed E-state index contributed by atoms with van der Waals surface area (Å²) in [6, 6.07) is -0.00980. The van der Waals surface area contributed by atoms with Gasteiger partial charge in [0.05, 0.1) is 85.2 Å². The number of amides is 10. The van der Waals surface area contributed by atoms with Gasteiger partial charge in [-0.3, -0.25) is 129 Å². The average Bonchev–Trinajstić information content (AvgIpc) is 0.851. The van der Waals surface area contributed by atoms with Crippen molar-refractivity contribution in [1.29, 1.82) is 0 Å². The number of hydrogen-bond donors (Lipinski definition) is 14. The molecule has 0 spiro atoms. The molecule has 0 aromatic rings. The minimum Gasteiger partial charge on any atom is -0.480 e. The van der Waals surface area contributed by atoms with Gasteiger partial charge in [-0.2, -0.15) is 0 Å². The summed E-state index contributed by atoms with van der Waals surface area (Å²) in [5.74, 6) is -18.8. The molecular formula is C86H138N13O34P. The number of nitrogens with one attached hydrogen (secondary N) is 9. The Hall–Kier alpha value is -11.4. The third-order valence-corrected chi connectivity index (χ3v) is 20.6. The Labute approximate surface area is 778 Å². The van der Waals surface area contributed by atoms with Gasteiger partial charge in [0.1, 0.15) is 55.7 Å². The molecule has 0 radical (unpaired) electrons. The van der Waals surface area contributed by atoms with E-state index in [4.69, 9.17) is 14.2 Å². The number of carbonyl (C=O) groups excluding carboxylic acids is 22. The molecule has 0 saturated carbocycles. The minimum absolute atomic E-state index is 0.00327. The Balaban J connectivity index is 0. The van der Waals surface area contributed by atoms with Crippen LogP contribution in [0.15, 0.2) is 0 Å². The van der Waals surface area contributed by atoms with Crippen LogP contribution in [0.1, 0.15) is 236 Å². The molecule has 0 bridgehead atoms. The molecule has 134 heavy (non-hydrogen) atoms. The lowest BCUT2D eigenvalue weighted by molar-refractivity contribution is -0.146. The molecule has 0 aliphatic rings. The maximum Gasteiger partial charge on any atom is 0.472 e. The standard InChI is InChI=1S/C62H97N9O22.C24H41N4O12P/c1-40(2)63-28-44(73)11-17-56(85)69(37-59(88)89)34-50(79)8-14-53(82)66-31-47(76)21-25-62(24-20-43(7)72,26-22-48(77)32-67-54(83)15-9-51(80)35-70(38-60(90)91)57(86)18-12-45(74)29-64-41(3)4)27-23-49(78)33-68-55(84)16-10-52(81)36-71(39-61(92)93)58(87)19-13-46(75)30-65-42(5)6;1-4-17(3)16-40-41(37,38)39-11-10-26-21(32)12-22(33)27-13-18(29)7-9-23(34)28(15-24(35)36)14-19(30)6-8-20(31)25-5-2/h40-42,63-65H,8-39H2,1-7H3,(H,66,82)(H,67,83)(H,68,84)(H,88,89)(H,90,91)(H,92,93);17H,4-16H2,1-3H3,(H,25,31)(H,26,32)(H,27,33)(H,35,36)(H,37,38). The Morgan fingerprint density at radius 1 is 0.306 bits per heavy atom. The number of carbonyl (C=O) groups is 26. The molecule has 2 atom stereocenters. The zero-order chi connectivity index (χ0) is 102. The lowest BCUT2D eigenvalue weighted by Gasteiger charge is -2.34. The predicted molar refractivity (Wildman–Crippen MR) is 475 cm³/mol. The first kappa shape index (κ1) is 125. The van der Waals surface area contributed by atoms with Crippen LogP contribution in [0.4, 0.5) is 0 Å². The van der Waals surface area contributed by atoms with Crippen LogP contribution < -0.4 is 47.9 Å². The molecule has 10 amide bonds. The van der Waals surface area contributed by atoms with E-state index in [2.05, 4.69) is 47.9 Å². The highest BCUT2D eigenvalue weighted by Crippen LogP contribution is 2.43. The number of ketones is 12. The molecule has 0 aromatic heterocycles. The molecule has 0 aromatic carbocycles. The fourth-order valence-corrected chi connectivity index (χ4v) is 12.5. The Bertz CT molecular complexity index is 3810. The van der Waals surface area contributed by atoms with Gasteiger partial charge in [0.2, 0.25) is 59.1 Å². The lowest BCUT2D eigenvalue weighted by Crippen LogP contribution is -2.40. The molecule has 2 unspecified atom stereocenters. The number of aliphatic carboxylic acids is 4. The van der Waals surface area contributed by atoms with Gasteiger partial charge in [-0.15, -0.1) is 0 Å². The zero-order valence-corrected chi connectivity index (χ0v) is 79.3. The van der Waals surface area contributed by atoms with Crippen molar-refractivity contribution >= 4 is 160 Å². The van der Waals surface area contributed by atoms with Gasteiger partial charge in [0.15, 0.2) is 46.3 Å². The number of carboxylic acids is 4. The van der Waals surface area contributed by atoms with Crippen LogP contribution in [0.25, 0.3) is 0 Å². The Morgan fingerprint density at radius 3 is 0.828 bits per heavy atom. The summed E-state index contributed by atoms with van der Waals surface area (Å²) in [5.41, 5.74) is -1.14. The van der Waals surface area contributed by atoms with Crippen LogP contribution in [-0.2, 0) is 138 Å². The van der Waals surface area contributed by atoms with E-state index in [0.29, 0.717) is 6.54 Å². The van der Waals surface area contributed by atoms with Crippen molar-refractivity contribution in [1.82, 2.24) is 67.5 Å². The van der Waals surface area contributed by atoms with Crippen molar-refractivity contribution < 1.29 is 164 Å². The maximum absolute atomic E-state index is 13.4. The van der Waals surface area contributed by atoms with Gasteiger partial charge >= 0.3 is 31.7 Å². The largest absolute Gasteiger partial charge is 0.480 e. The van der Waals surface area contributed by atoms with Gasteiger partial charge in [-0.1, -0.05) is 61.8 Å². The van der Waals surface area contributed by atoms with Crippen molar-refractivity contribution in [3.63, 3.8) is 0 Å². The van der Waals surface area contributed by atoms with E-state index in [-0.39, 0.29) is 202 Å². The number of phosphoric ester groups is 1. The lowest BCUT2D eigenvalue weighted by atomic mass is 9.70. The second kappa shape index (κ2) is 70.3. The fraction of sp³-hybridized carbons (Fsp3) is 0.698. The van der Waals surface area contributed by atoms with Gasteiger partial charge in [0, 0.05) is 160 Å². The number of carboxylic acid groups (broad SMARTS) is 4. The number of nitrogens with zero attached hydrogens (tertiary/aromatic N) is 4. The second-order valence-electron chi connectivity index (χ2n) is 33.0. The van der Waals surface area contributed by atoms with Crippen molar-refractivity contribution in [2.45, 2.75) is 254 Å². The molecular weight excluding hydrogens is 1790 g/mol. The Kier molecular flexibility index (Phi) is 65.4. The Morgan fingerprint density at radius 2 is 0.560 bits per heavy atom. The van der Waals surface area contributed by atoms with Gasteiger partial charge in [-0.25, -0.2) is 4.57 Å². The third-order valence-electron chi connectivity index (χ3n) is 19.6. The van der Waals surface area contributed by atoms with Crippen LogP contribution in [0, 0.1) is 11.3 Å². The maximum atomic E-state index is 13.4. The fourth-order valence-electron chi connectivity index (χ4n) is 11.7. The van der Waals surface area contributed by atoms with Gasteiger partial charge in [-0.05, 0) is 50.9 Å². The molecule has 0 saturated heterocycles. The monoisotopic (exact) mass is 1930 g/mol. The third kappa shape index (κ3) is 68.6. The van der Waals surface area contributed by atoms with Crippen molar-refractivity contribution in [2.24, 2.45) is 11.3 Å². The number of Topliss-reactive ketones (excluding diaryl/α,β-unsaturated/α-hetero) is 12. The molecule has 0 aliphatic carbocycles. The topological polar surface area (TPSA) is 702 Å². The van der Waals surface area contributed by atoms with E-state index in [1.165, 1.54) is 6.92 Å². The van der Waals surface area contributed by atoms with E-state index >= 15 is 0 Å². The highest BCUT2D eigenvalue weighted by atomic mass is 31.2. The molecule has 756 valence electrons. The van der Waals surface area contributed by atoms with Gasteiger partial charge < -0.3 is 97.6 Å². The van der Waals surface area contributed by atoms with Crippen LogP contribution in [0.3, 0.4) is 0 Å². The van der Waals surface area contributed by atoms with Gasteiger partial charge in [0.25, 0.3) is 0 Å². The molecule has 14 N–H and O–H groups in total. The number of phosphoric acid groups is 1. The van der Waals surface area contributed by atoms with E-state index in [1.54, 1.807) is 6.92 Å². The number of hydrogen-bond acceptors (Lipinski definition) is 32. The van der Waals surface area contributed by atoms with Crippen LogP contribution in [-0.4, -0.2) is 340 Å². The SMILES string of the molecule is CC(=O)CCC(CCC(=O)CNC(=O)CCC(=O)CN(CC(=O)O)C(=O)CCC(=O)CNC(C)C)(CCC(=O)CNC(=O)CCC(=O)CN(CC(=O)O)C(=O)CCC(=O)CNC(C)C)CCC(=O)CNC(=O)CCC(=O)CN(CC(=O)O)C(=O)CCC(=O)CNC(C)C.CCNC(=O)CCC(=O)CN(CC(=O)O)C(=O)CCC(=O)CNC(=O)CC(=O)NCCOP(=O)(O)OCC(C)CC. The molecule has 0 aliphatic heterocycles. The molecule has 47 nitrogen and oxygen atoms in total. The quantitative estimate of drug-likeness (QED) is 0.0199. The molecule has 48 heteroatoms.